The Kier molecular flexibility index (Phi) is 6.54. The summed E-state index contributed by atoms with van der Waals surface area (Å²) in [5, 5.41) is 5.61. The van der Waals surface area contributed by atoms with Crippen molar-refractivity contribution in [3.05, 3.63) is 59.7 Å². The standard InChI is InChI=1S/C19H23N3O3/c1-13(2)21-18(23)14-3-5-15(6-4-14)19(24)22-16-7-9-17(10-8-16)25-12-11-20/h3-10,13H,11-12,20H2,1-2H3,(H,21,23)(H,22,24). The first-order valence-corrected chi connectivity index (χ1v) is 8.15. The van der Waals surface area contributed by atoms with Gasteiger partial charge in [-0.15, -0.1) is 0 Å². The Bertz CT molecular complexity index is 710. The largest absolute Gasteiger partial charge is 0.492 e. The van der Waals surface area contributed by atoms with Crippen LogP contribution in [0.5, 0.6) is 5.75 Å². The molecule has 0 aliphatic carbocycles. The summed E-state index contributed by atoms with van der Waals surface area (Å²) in [4.78, 5) is 24.2. The molecule has 0 aromatic heterocycles. The normalized spacial score (nSPS) is 10.4. The van der Waals surface area contributed by atoms with E-state index in [9.17, 15) is 9.59 Å². The Labute approximate surface area is 147 Å². The molecule has 0 unspecified atom stereocenters. The smallest absolute Gasteiger partial charge is 0.255 e. The van der Waals surface area contributed by atoms with Crippen LogP contribution in [0.1, 0.15) is 34.6 Å². The second kappa shape index (κ2) is 8.84. The average molecular weight is 341 g/mol. The van der Waals surface area contributed by atoms with Gasteiger partial charge in [0.05, 0.1) is 0 Å². The molecule has 0 atom stereocenters. The molecule has 0 bridgehead atoms. The number of hydrogen-bond acceptors (Lipinski definition) is 4. The van der Waals surface area contributed by atoms with Crippen molar-refractivity contribution in [2.45, 2.75) is 19.9 Å². The fourth-order valence-corrected chi connectivity index (χ4v) is 2.13. The molecule has 0 saturated carbocycles. The van der Waals surface area contributed by atoms with E-state index in [-0.39, 0.29) is 17.9 Å². The minimum absolute atomic E-state index is 0.0623. The van der Waals surface area contributed by atoms with Crippen LogP contribution in [-0.4, -0.2) is 31.0 Å². The fourth-order valence-electron chi connectivity index (χ4n) is 2.13. The van der Waals surface area contributed by atoms with Gasteiger partial charge in [-0.1, -0.05) is 0 Å². The summed E-state index contributed by atoms with van der Waals surface area (Å²) in [6.07, 6.45) is 0. The van der Waals surface area contributed by atoms with Crippen molar-refractivity contribution in [1.82, 2.24) is 5.32 Å². The van der Waals surface area contributed by atoms with Gasteiger partial charge in [-0.3, -0.25) is 9.59 Å². The Morgan fingerprint density at radius 1 is 0.960 bits per heavy atom. The van der Waals surface area contributed by atoms with Gasteiger partial charge < -0.3 is 21.1 Å². The summed E-state index contributed by atoms with van der Waals surface area (Å²) in [7, 11) is 0. The van der Waals surface area contributed by atoms with E-state index in [1.807, 2.05) is 13.8 Å². The van der Waals surface area contributed by atoms with Crippen molar-refractivity contribution >= 4 is 17.5 Å². The summed E-state index contributed by atoms with van der Waals surface area (Å²) in [6, 6.07) is 13.6. The number of hydrogen-bond donors (Lipinski definition) is 3. The van der Waals surface area contributed by atoms with E-state index < -0.39 is 0 Å². The molecule has 0 spiro atoms. The van der Waals surface area contributed by atoms with Crippen molar-refractivity contribution in [2.75, 3.05) is 18.5 Å². The maximum absolute atomic E-state index is 12.3. The maximum Gasteiger partial charge on any atom is 0.255 e. The molecule has 6 nitrogen and oxygen atoms in total. The molecule has 25 heavy (non-hydrogen) atoms. The van der Waals surface area contributed by atoms with E-state index in [4.69, 9.17) is 10.5 Å². The van der Waals surface area contributed by atoms with Crippen molar-refractivity contribution in [2.24, 2.45) is 5.73 Å². The lowest BCUT2D eigenvalue weighted by Crippen LogP contribution is -2.30. The second-order valence-corrected chi connectivity index (χ2v) is 5.82. The van der Waals surface area contributed by atoms with Crippen molar-refractivity contribution in [1.29, 1.82) is 0 Å². The minimum Gasteiger partial charge on any atom is -0.492 e. The third-order valence-corrected chi connectivity index (χ3v) is 3.33. The molecule has 0 fully saturated rings. The van der Waals surface area contributed by atoms with Gasteiger partial charge in [0.25, 0.3) is 11.8 Å². The molecule has 2 amide bonds. The lowest BCUT2D eigenvalue weighted by Gasteiger charge is -2.09. The zero-order valence-electron chi connectivity index (χ0n) is 14.4. The van der Waals surface area contributed by atoms with Gasteiger partial charge in [0.1, 0.15) is 12.4 Å². The highest BCUT2D eigenvalue weighted by molar-refractivity contribution is 6.05. The van der Waals surface area contributed by atoms with E-state index in [0.29, 0.717) is 35.7 Å². The highest BCUT2D eigenvalue weighted by Gasteiger charge is 2.10. The predicted molar refractivity (Wildman–Crippen MR) is 98.0 cm³/mol. The van der Waals surface area contributed by atoms with Crippen LogP contribution < -0.4 is 21.1 Å². The van der Waals surface area contributed by atoms with Gasteiger partial charge in [-0.25, -0.2) is 0 Å². The lowest BCUT2D eigenvalue weighted by molar-refractivity contribution is 0.0941. The van der Waals surface area contributed by atoms with Crippen LogP contribution in [0.15, 0.2) is 48.5 Å². The first kappa shape index (κ1) is 18.5. The van der Waals surface area contributed by atoms with Gasteiger partial charge in [0, 0.05) is 29.4 Å². The van der Waals surface area contributed by atoms with E-state index in [1.165, 1.54) is 0 Å². The van der Waals surface area contributed by atoms with Crippen LogP contribution in [0.3, 0.4) is 0 Å². The number of nitrogens with two attached hydrogens (primary N) is 1. The SMILES string of the molecule is CC(C)NC(=O)c1ccc(C(=O)Nc2ccc(OCCN)cc2)cc1. The zero-order chi connectivity index (χ0) is 18.2. The molecule has 0 aliphatic heterocycles. The molecule has 0 saturated heterocycles. The van der Waals surface area contributed by atoms with Crippen LogP contribution >= 0.6 is 0 Å². The van der Waals surface area contributed by atoms with Crippen LogP contribution in [0.25, 0.3) is 0 Å². The summed E-state index contributed by atoms with van der Waals surface area (Å²) >= 11 is 0. The molecule has 0 aliphatic rings. The van der Waals surface area contributed by atoms with Gasteiger partial charge in [0.2, 0.25) is 0 Å². The van der Waals surface area contributed by atoms with E-state index in [1.54, 1.807) is 48.5 Å². The maximum atomic E-state index is 12.3. The van der Waals surface area contributed by atoms with Crippen molar-refractivity contribution in [3.8, 4) is 5.75 Å². The number of nitrogens with one attached hydrogen (secondary N) is 2. The highest BCUT2D eigenvalue weighted by Crippen LogP contribution is 2.16. The van der Waals surface area contributed by atoms with Crippen LogP contribution in [0, 0.1) is 0 Å². The lowest BCUT2D eigenvalue weighted by atomic mass is 10.1. The van der Waals surface area contributed by atoms with Gasteiger partial charge >= 0.3 is 0 Å². The topological polar surface area (TPSA) is 93.5 Å². The third-order valence-electron chi connectivity index (χ3n) is 3.33. The Balaban J connectivity index is 1.97. The van der Waals surface area contributed by atoms with Crippen LogP contribution in [-0.2, 0) is 0 Å². The summed E-state index contributed by atoms with van der Waals surface area (Å²) in [6.45, 7) is 4.68. The number of amides is 2. The highest BCUT2D eigenvalue weighted by atomic mass is 16.5. The fraction of sp³-hybridized carbons (Fsp3) is 0.263. The first-order valence-electron chi connectivity index (χ1n) is 8.15. The summed E-state index contributed by atoms with van der Waals surface area (Å²) < 4.78 is 5.39. The zero-order valence-corrected chi connectivity index (χ0v) is 14.4. The molecule has 6 heteroatoms. The number of ether oxygens (including phenoxy) is 1. The Morgan fingerprint density at radius 2 is 1.52 bits per heavy atom. The number of carbonyl (C=O) groups is 2. The first-order chi connectivity index (χ1) is 12.0. The monoisotopic (exact) mass is 341 g/mol. The number of rotatable bonds is 7. The molecule has 0 heterocycles. The molecule has 0 radical (unpaired) electrons. The van der Waals surface area contributed by atoms with E-state index in [0.717, 1.165) is 0 Å². The van der Waals surface area contributed by atoms with Crippen molar-refractivity contribution < 1.29 is 14.3 Å². The van der Waals surface area contributed by atoms with Gasteiger partial charge in [0.15, 0.2) is 0 Å². The predicted octanol–water partition coefficient (Wildman–Crippen LogP) is 2.41. The van der Waals surface area contributed by atoms with Crippen LogP contribution in [0.4, 0.5) is 5.69 Å². The molecular formula is C19H23N3O3. The minimum atomic E-state index is -0.244. The summed E-state index contributed by atoms with van der Waals surface area (Å²) in [5.74, 6) is 0.297. The van der Waals surface area contributed by atoms with E-state index >= 15 is 0 Å². The van der Waals surface area contributed by atoms with Crippen LogP contribution in [0.2, 0.25) is 0 Å². The molecular weight excluding hydrogens is 318 g/mol. The molecule has 2 rings (SSSR count). The number of carbonyl (C=O) groups excluding carboxylic acids is 2. The molecule has 132 valence electrons. The number of anilines is 1. The van der Waals surface area contributed by atoms with E-state index in [2.05, 4.69) is 10.6 Å². The second-order valence-electron chi connectivity index (χ2n) is 5.82. The molecule has 2 aromatic carbocycles. The van der Waals surface area contributed by atoms with Gasteiger partial charge in [-0.2, -0.15) is 0 Å². The number of benzene rings is 2. The van der Waals surface area contributed by atoms with Crippen molar-refractivity contribution in [3.63, 3.8) is 0 Å². The quantitative estimate of drug-likeness (QED) is 0.721. The Hall–Kier alpha value is -2.86. The summed E-state index contributed by atoms with van der Waals surface area (Å²) in [5.41, 5.74) is 7.04. The molecule has 4 N–H and O–H groups in total. The third kappa shape index (κ3) is 5.61. The molecule has 2 aromatic rings. The Morgan fingerprint density at radius 3 is 2.04 bits per heavy atom. The van der Waals surface area contributed by atoms with Gasteiger partial charge in [-0.05, 0) is 62.4 Å². The average Bonchev–Trinajstić information content (AvgIpc) is 2.60.